The van der Waals surface area contributed by atoms with E-state index in [-0.39, 0.29) is 11.4 Å². The highest BCUT2D eigenvalue weighted by molar-refractivity contribution is 7.92. The predicted octanol–water partition coefficient (Wildman–Crippen LogP) is 4.21. The number of nitrogens with zero attached hydrogens (tertiary/aromatic N) is 1. The summed E-state index contributed by atoms with van der Waals surface area (Å²) in [5.74, 6) is 0.155. The van der Waals surface area contributed by atoms with Gasteiger partial charge in [0.25, 0.3) is 10.0 Å². The highest BCUT2D eigenvalue weighted by Crippen LogP contribution is 2.25. The van der Waals surface area contributed by atoms with Gasteiger partial charge in [0.15, 0.2) is 0 Å². The number of sulfonamides is 1. The van der Waals surface area contributed by atoms with E-state index in [4.69, 9.17) is 16.3 Å². The Hall–Kier alpha value is -3.03. The van der Waals surface area contributed by atoms with E-state index in [1.165, 1.54) is 19.2 Å². The molecule has 1 N–H and O–H groups in total. The van der Waals surface area contributed by atoms with Crippen molar-refractivity contribution in [3.8, 4) is 5.75 Å². The number of anilines is 1. The smallest absolute Gasteiger partial charge is 0.264 e. The van der Waals surface area contributed by atoms with Gasteiger partial charge in [0.1, 0.15) is 12.3 Å². The lowest BCUT2D eigenvalue weighted by Gasteiger charge is -2.24. The van der Waals surface area contributed by atoms with Crippen LogP contribution in [0.2, 0.25) is 5.02 Å². The van der Waals surface area contributed by atoms with Gasteiger partial charge in [-0.2, -0.15) is 0 Å². The summed E-state index contributed by atoms with van der Waals surface area (Å²) in [5.41, 5.74) is 2.43. The molecule has 8 heteroatoms. The first-order valence-corrected chi connectivity index (χ1v) is 11.9. The molecule has 0 radical (unpaired) electrons. The molecule has 0 fully saturated rings. The van der Waals surface area contributed by atoms with E-state index in [1.54, 1.807) is 36.4 Å². The highest BCUT2D eigenvalue weighted by atomic mass is 35.5. The number of rotatable bonds is 9. The molecule has 1 amide bonds. The van der Waals surface area contributed by atoms with Crippen molar-refractivity contribution in [2.24, 2.45) is 0 Å². The Balaban J connectivity index is 1.77. The van der Waals surface area contributed by atoms with Gasteiger partial charge in [-0.15, -0.1) is 0 Å². The first-order valence-electron chi connectivity index (χ1n) is 10.0. The van der Waals surface area contributed by atoms with E-state index in [0.717, 1.165) is 15.4 Å². The molecule has 0 unspecified atom stereocenters. The van der Waals surface area contributed by atoms with E-state index in [9.17, 15) is 13.2 Å². The Morgan fingerprint density at radius 1 is 0.969 bits per heavy atom. The average molecular weight is 473 g/mol. The average Bonchev–Trinajstić information content (AvgIpc) is 2.79. The van der Waals surface area contributed by atoms with Crippen LogP contribution in [0.5, 0.6) is 5.75 Å². The number of aryl methyl sites for hydroxylation is 1. The van der Waals surface area contributed by atoms with Gasteiger partial charge in [-0.25, -0.2) is 8.42 Å². The van der Waals surface area contributed by atoms with Crippen molar-refractivity contribution in [1.82, 2.24) is 5.32 Å². The van der Waals surface area contributed by atoms with Crippen LogP contribution in [-0.2, 0) is 21.2 Å². The first-order chi connectivity index (χ1) is 15.3. The van der Waals surface area contributed by atoms with Gasteiger partial charge in [-0.3, -0.25) is 9.10 Å². The zero-order valence-electron chi connectivity index (χ0n) is 17.9. The van der Waals surface area contributed by atoms with Crippen molar-refractivity contribution < 1.29 is 17.9 Å². The number of carbonyl (C=O) groups excluding carboxylic acids is 1. The van der Waals surface area contributed by atoms with Crippen LogP contribution in [0.25, 0.3) is 0 Å². The first kappa shape index (κ1) is 23.6. The van der Waals surface area contributed by atoms with Gasteiger partial charge in [-0.05, 0) is 67.4 Å². The lowest BCUT2D eigenvalue weighted by molar-refractivity contribution is -0.119. The molecule has 168 valence electrons. The van der Waals surface area contributed by atoms with Gasteiger partial charge >= 0.3 is 0 Å². The van der Waals surface area contributed by atoms with E-state index >= 15 is 0 Å². The molecule has 0 aliphatic carbocycles. The number of ether oxygens (including phenoxy) is 1. The molecule has 0 bridgehead atoms. The molecule has 0 aromatic heterocycles. The van der Waals surface area contributed by atoms with E-state index < -0.39 is 15.9 Å². The third-order valence-corrected chi connectivity index (χ3v) is 6.95. The molecule has 3 rings (SSSR count). The molecule has 0 heterocycles. The van der Waals surface area contributed by atoms with Crippen LogP contribution >= 0.6 is 11.6 Å². The molecule has 3 aromatic rings. The minimum atomic E-state index is -3.97. The van der Waals surface area contributed by atoms with E-state index in [2.05, 4.69) is 5.32 Å². The molecular formula is C24H25ClN2O4S. The lowest BCUT2D eigenvalue weighted by Crippen LogP contribution is -2.41. The predicted molar refractivity (Wildman–Crippen MR) is 127 cm³/mol. The maximum Gasteiger partial charge on any atom is 0.264 e. The molecule has 0 spiro atoms. The highest BCUT2D eigenvalue weighted by Gasteiger charge is 2.27. The molecule has 6 nitrogen and oxygen atoms in total. The lowest BCUT2D eigenvalue weighted by atomic mass is 10.1. The summed E-state index contributed by atoms with van der Waals surface area (Å²) in [5, 5.41) is 3.45. The third kappa shape index (κ3) is 6.02. The quantitative estimate of drug-likeness (QED) is 0.506. The second-order valence-electron chi connectivity index (χ2n) is 7.25. The Kier molecular flexibility index (Phi) is 7.77. The number of carbonyl (C=O) groups is 1. The monoisotopic (exact) mass is 472 g/mol. The Bertz CT molecular complexity index is 1150. The van der Waals surface area contributed by atoms with E-state index in [1.807, 2.05) is 31.2 Å². The Morgan fingerprint density at radius 2 is 1.59 bits per heavy atom. The van der Waals surface area contributed by atoms with Crippen molar-refractivity contribution >= 4 is 33.2 Å². The van der Waals surface area contributed by atoms with Crippen LogP contribution < -0.4 is 14.4 Å². The van der Waals surface area contributed by atoms with E-state index in [0.29, 0.717) is 29.4 Å². The van der Waals surface area contributed by atoms with Crippen LogP contribution in [0, 0.1) is 6.92 Å². The fourth-order valence-corrected chi connectivity index (χ4v) is 4.63. The van der Waals surface area contributed by atoms with Crippen molar-refractivity contribution in [3.05, 3.63) is 88.9 Å². The SMILES string of the molecule is COc1ccc(S(=O)(=O)N(CC(=O)NCCc2ccc(Cl)cc2)c2ccc(C)cc2)cc1. The van der Waals surface area contributed by atoms with Crippen molar-refractivity contribution in [1.29, 1.82) is 0 Å². The van der Waals surface area contributed by atoms with Crippen LogP contribution in [0.3, 0.4) is 0 Å². The standard InChI is InChI=1S/C24H25ClN2O4S/c1-18-3-9-21(10-4-18)27(32(29,30)23-13-11-22(31-2)12-14-23)17-24(28)26-16-15-19-5-7-20(25)8-6-19/h3-14H,15-17H2,1-2H3,(H,26,28). The molecule has 0 aliphatic heterocycles. The van der Waals surface area contributed by atoms with Crippen LogP contribution in [0.1, 0.15) is 11.1 Å². The zero-order chi connectivity index (χ0) is 23.1. The summed E-state index contributed by atoms with van der Waals surface area (Å²) in [6.07, 6.45) is 0.610. The minimum absolute atomic E-state index is 0.0767. The van der Waals surface area contributed by atoms with Crippen LogP contribution in [0.15, 0.2) is 77.7 Å². The van der Waals surface area contributed by atoms with Crippen molar-refractivity contribution in [3.63, 3.8) is 0 Å². The zero-order valence-corrected chi connectivity index (χ0v) is 19.5. The van der Waals surface area contributed by atoms with Gasteiger partial charge in [0, 0.05) is 11.6 Å². The van der Waals surface area contributed by atoms with Gasteiger partial charge in [-0.1, -0.05) is 41.4 Å². The molecule has 0 saturated carbocycles. The van der Waals surface area contributed by atoms with Crippen molar-refractivity contribution in [2.45, 2.75) is 18.2 Å². The molecule has 0 aliphatic rings. The normalized spacial score (nSPS) is 11.1. The summed E-state index contributed by atoms with van der Waals surface area (Å²) in [4.78, 5) is 12.7. The molecule has 0 saturated heterocycles. The Labute approximate surface area is 193 Å². The summed E-state index contributed by atoms with van der Waals surface area (Å²) < 4.78 is 33.0. The molecular weight excluding hydrogens is 448 g/mol. The summed E-state index contributed by atoms with van der Waals surface area (Å²) in [6.45, 7) is 1.96. The minimum Gasteiger partial charge on any atom is -0.497 e. The number of halogens is 1. The Morgan fingerprint density at radius 3 is 2.19 bits per heavy atom. The third-order valence-electron chi connectivity index (χ3n) is 4.91. The largest absolute Gasteiger partial charge is 0.497 e. The van der Waals surface area contributed by atoms with Gasteiger partial charge in [0.2, 0.25) is 5.91 Å². The fourth-order valence-electron chi connectivity index (χ4n) is 3.08. The molecule has 0 atom stereocenters. The number of hydrogen-bond donors (Lipinski definition) is 1. The maximum atomic E-state index is 13.4. The van der Waals surface area contributed by atoms with Crippen LogP contribution in [-0.4, -0.2) is 34.5 Å². The van der Waals surface area contributed by atoms with Crippen LogP contribution in [0.4, 0.5) is 5.69 Å². The van der Waals surface area contributed by atoms with Crippen molar-refractivity contribution in [2.75, 3.05) is 24.5 Å². The fraction of sp³-hybridized carbons (Fsp3) is 0.208. The maximum absolute atomic E-state index is 13.4. The number of amides is 1. The summed E-state index contributed by atoms with van der Waals surface area (Å²) in [6, 6.07) is 20.4. The topological polar surface area (TPSA) is 75.7 Å². The number of benzene rings is 3. The molecule has 32 heavy (non-hydrogen) atoms. The summed E-state index contributed by atoms with van der Waals surface area (Å²) >= 11 is 5.89. The number of nitrogens with one attached hydrogen (secondary N) is 1. The van der Waals surface area contributed by atoms with Gasteiger partial charge in [0.05, 0.1) is 17.7 Å². The number of methoxy groups -OCH3 is 1. The second-order valence-corrected chi connectivity index (χ2v) is 9.55. The molecule has 3 aromatic carbocycles. The van der Waals surface area contributed by atoms with Gasteiger partial charge < -0.3 is 10.1 Å². The summed E-state index contributed by atoms with van der Waals surface area (Å²) in [7, 11) is -2.46. The second kappa shape index (κ2) is 10.5. The number of hydrogen-bond acceptors (Lipinski definition) is 4.